The van der Waals surface area contributed by atoms with E-state index >= 15 is 0 Å². The fourth-order valence-corrected chi connectivity index (χ4v) is 4.03. The summed E-state index contributed by atoms with van der Waals surface area (Å²) in [5, 5.41) is 10.4. The van der Waals surface area contributed by atoms with E-state index in [2.05, 4.69) is 23.7 Å². The average molecular weight is 427 g/mol. The van der Waals surface area contributed by atoms with Crippen LogP contribution in [0.25, 0.3) is 0 Å². The first-order valence-electron chi connectivity index (χ1n) is 10.9. The molecular formula is C25H34N2O4. The van der Waals surface area contributed by atoms with Crippen LogP contribution in [0.4, 0.5) is 5.69 Å². The molecule has 1 aliphatic heterocycles. The molecule has 0 aromatic heterocycles. The molecule has 1 saturated heterocycles. The van der Waals surface area contributed by atoms with Crippen molar-refractivity contribution < 1.29 is 19.3 Å². The van der Waals surface area contributed by atoms with Crippen LogP contribution in [0, 0.1) is 0 Å². The SMILES string of the molecule is COc1ccc(C=Nc2ccc(OCC(O)CN3C(C)CCCC3C)cc2)cc1OC. The number of aliphatic hydroxyl groups is 1. The van der Waals surface area contributed by atoms with E-state index in [1.54, 1.807) is 20.4 Å². The van der Waals surface area contributed by atoms with Crippen molar-refractivity contribution in [1.82, 2.24) is 4.90 Å². The number of piperidine rings is 1. The number of likely N-dealkylation sites (tertiary alicyclic amines) is 1. The van der Waals surface area contributed by atoms with E-state index in [0.29, 0.717) is 30.1 Å². The molecule has 168 valence electrons. The van der Waals surface area contributed by atoms with Crippen LogP contribution in [-0.4, -0.2) is 61.8 Å². The summed E-state index contributed by atoms with van der Waals surface area (Å²) in [4.78, 5) is 6.90. The van der Waals surface area contributed by atoms with E-state index in [9.17, 15) is 5.11 Å². The molecule has 3 atom stereocenters. The predicted octanol–water partition coefficient (Wildman–Crippen LogP) is 4.46. The highest BCUT2D eigenvalue weighted by molar-refractivity contribution is 5.83. The lowest BCUT2D eigenvalue weighted by atomic mass is 9.97. The normalized spacial score (nSPS) is 20.5. The van der Waals surface area contributed by atoms with Gasteiger partial charge in [-0.15, -0.1) is 0 Å². The second-order valence-corrected chi connectivity index (χ2v) is 8.16. The van der Waals surface area contributed by atoms with E-state index in [1.807, 2.05) is 42.5 Å². The van der Waals surface area contributed by atoms with Crippen molar-refractivity contribution in [2.24, 2.45) is 4.99 Å². The number of β-amino-alcohol motifs (C(OH)–C–C–N with tert-alkyl or cyclic N) is 1. The fraction of sp³-hybridized carbons (Fsp3) is 0.480. The molecule has 3 unspecified atom stereocenters. The highest BCUT2D eigenvalue weighted by Gasteiger charge is 2.26. The number of benzene rings is 2. The number of aliphatic imine (C=N–C) groups is 1. The van der Waals surface area contributed by atoms with Crippen molar-refractivity contribution >= 4 is 11.9 Å². The Balaban J connectivity index is 1.51. The molecule has 0 amide bonds. The summed E-state index contributed by atoms with van der Waals surface area (Å²) >= 11 is 0. The molecule has 0 saturated carbocycles. The van der Waals surface area contributed by atoms with Crippen LogP contribution in [-0.2, 0) is 0 Å². The Kier molecular flexibility index (Phi) is 8.32. The summed E-state index contributed by atoms with van der Waals surface area (Å²) in [7, 11) is 3.23. The Morgan fingerprint density at radius 1 is 1.03 bits per heavy atom. The van der Waals surface area contributed by atoms with Crippen molar-refractivity contribution in [3.63, 3.8) is 0 Å². The third-order valence-electron chi connectivity index (χ3n) is 5.85. The highest BCUT2D eigenvalue weighted by Crippen LogP contribution is 2.27. The Hall–Kier alpha value is -2.57. The van der Waals surface area contributed by atoms with E-state index in [4.69, 9.17) is 14.2 Å². The summed E-state index contributed by atoms with van der Waals surface area (Å²) in [6.07, 6.45) is 4.94. The van der Waals surface area contributed by atoms with Crippen LogP contribution in [0.15, 0.2) is 47.5 Å². The van der Waals surface area contributed by atoms with E-state index in [-0.39, 0.29) is 6.61 Å². The second kappa shape index (κ2) is 11.2. The number of hydrogen-bond acceptors (Lipinski definition) is 6. The van der Waals surface area contributed by atoms with E-state index in [1.165, 1.54) is 19.3 Å². The minimum absolute atomic E-state index is 0.282. The molecule has 2 aromatic rings. The molecule has 0 bridgehead atoms. The molecule has 0 radical (unpaired) electrons. The zero-order chi connectivity index (χ0) is 22.2. The molecule has 1 fully saturated rings. The first kappa shape index (κ1) is 23.1. The Morgan fingerprint density at radius 2 is 1.71 bits per heavy atom. The molecule has 0 spiro atoms. The van der Waals surface area contributed by atoms with Gasteiger partial charge in [0.2, 0.25) is 0 Å². The molecule has 6 heteroatoms. The molecule has 1 N–H and O–H groups in total. The quantitative estimate of drug-likeness (QED) is 0.600. The van der Waals surface area contributed by atoms with Gasteiger partial charge in [-0.25, -0.2) is 0 Å². The molecule has 2 aromatic carbocycles. The number of methoxy groups -OCH3 is 2. The lowest BCUT2D eigenvalue weighted by Gasteiger charge is -2.40. The van der Waals surface area contributed by atoms with Crippen LogP contribution in [0.3, 0.4) is 0 Å². The maximum absolute atomic E-state index is 10.4. The monoisotopic (exact) mass is 426 g/mol. The van der Waals surface area contributed by atoms with Gasteiger partial charge in [-0.1, -0.05) is 6.42 Å². The first-order chi connectivity index (χ1) is 15.0. The van der Waals surface area contributed by atoms with Gasteiger partial charge in [-0.2, -0.15) is 0 Å². The van der Waals surface area contributed by atoms with Crippen LogP contribution in [0.1, 0.15) is 38.7 Å². The Bertz CT molecular complexity index is 843. The van der Waals surface area contributed by atoms with Gasteiger partial charge >= 0.3 is 0 Å². The standard InChI is InChI=1S/C25H34N2O4/c1-18-6-5-7-19(2)27(18)16-22(28)17-31-23-11-9-21(10-12-23)26-15-20-8-13-24(29-3)25(14-20)30-4/h8-15,18-19,22,28H,5-7,16-17H2,1-4H3. The van der Waals surface area contributed by atoms with Crippen molar-refractivity contribution in [2.45, 2.75) is 51.3 Å². The second-order valence-electron chi connectivity index (χ2n) is 8.16. The van der Waals surface area contributed by atoms with Crippen molar-refractivity contribution in [2.75, 3.05) is 27.4 Å². The third kappa shape index (κ3) is 6.45. The number of hydrogen-bond donors (Lipinski definition) is 1. The van der Waals surface area contributed by atoms with Crippen molar-refractivity contribution in [3.8, 4) is 17.2 Å². The van der Waals surface area contributed by atoms with Crippen LogP contribution in [0.2, 0.25) is 0 Å². The lowest BCUT2D eigenvalue weighted by Crippen LogP contribution is -2.48. The highest BCUT2D eigenvalue weighted by atomic mass is 16.5. The first-order valence-corrected chi connectivity index (χ1v) is 10.9. The summed E-state index contributed by atoms with van der Waals surface area (Å²) in [6.45, 7) is 5.41. The molecule has 31 heavy (non-hydrogen) atoms. The Labute approximate surface area is 185 Å². The summed E-state index contributed by atoms with van der Waals surface area (Å²) < 4.78 is 16.4. The molecule has 1 heterocycles. The minimum Gasteiger partial charge on any atom is -0.493 e. The maximum atomic E-state index is 10.4. The smallest absolute Gasteiger partial charge is 0.161 e. The number of aliphatic hydroxyl groups excluding tert-OH is 1. The van der Waals surface area contributed by atoms with Crippen LogP contribution in [0.5, 0.6) is 17.2 Å². The lowest BCUT2D eigenvalue weighted by molar-refractivity contribution is 0.0209. The zero-order valence-corrected chi connectivity index (χ0v) is 19.0. The third-order valence-corrected chi connectivity index (χ3v) is 5.85. The molecule has 0 aliphatic carbocycles. The maximum Gasteiger partial charge on any atom is 0.161 e. The minimum atomic E-state index is -0.509. The number of nitrogens with zero attached hydrogens (tertiary/aromatic N) is 2. The molecule has 1 aliphatic rings. The van der Waals surface area contributed by atoms with Gasteiger partial charge in [-0.05, 0) is 74.7 Å². The van der Waals surface area contributed by atoms with Crippen molar-refractivity contribution in [1.29, 1.82) is 0 Å². The topological polar surface area (TPSA) is 63.5 Å². The van der Waals surface area contributed by atoms with Gasteiger partial charge in [0.25, 0.3) is 0 Å². The van der Waals surface area contributed by atoms with Crippen LogP contribution >= 0.6 is 0 Å². The molecule has 3 rings (SSSR count). The van der Waals surface area contributed by atoms with E-state index < -0.39 is 6.10 Å². The zero-order valence-electron chi connectivity index (χ0n) is 19.0. The summed E-state index contributed by atoms with van der Waals surface area (Å²) in [6, 6.07) is 14.2. The van der Waals surface area contributed by atoms with Crippen molar-refractivity contribution in [3.05, 3.63) is 48.0 Å². The van der Waals surface area contributed by atoms with Gasteiger partial charge in [0.15, 0.2) is 11.5 Å². The van der Waals surface area contributed by atoms with Gasteiger partial charge < -0.3 is 19.3 Å². The predicted molar refractivity (Wildman–Crippen MR) is 124 cm³/mol. The average Bonchev–Trinajstić information content (AvgIpc) is 2.79. The Morgan fingerprint density at radius 3 is 2.35 bits per heavy atom. The van der Waals surface area contributed by atoms with Gasteiger partial charge in [0, 0.05) is 24.8 Å². The number of ether oxygens (including phenoxy) is 3. The summed E-state index contributed by atoms with van der Waals surface area (Å²) in [5.41, 5.74) is 1.74. The molecule has 6 nitrogen and oxygen atoms in total. The van der Waals surface area contributed by atoms with E-state index in [0.717, 1.165) is 17.0 Å². The van der Waals surface area contributed by atoms with Gasteiger partial charge in [-0.3, -0.25) is 9.89 Å². The molecular weight excluding hydrogens is 392 g/mol. The number of rotatable bonds is 9. The van der Waals surface area contributed by atoms with Gasteiger partial charge in [0.05, 0.1) is 19.9 Å². The van der Waals surface area contributed by atoms with Crippen LogP contribution < -0.4 is 14.2 Å². The van der Waals surface area contributed by atoms with Gasteiger partial charge in [0.1, 0.15) is 18.5 Å². The largest absolute Gasteiger partial charge is 0.493 e. The summed E-state index contributed by atoms with van der Waals surface area (Å²) in [5.74, 6) is 2.08. The fourth-order valence-electron chi connectivity index (χ4n) is 4.03.